The van der Waals surface area contributed by atoms with Gasteiger partial charge in [0.05, 0.1) is 23.6 Å². The second kappa shape index (κ2) is 15.5. The molecule has 3 heterocycles. The number of benzene rings is 3. The van der Waals surface area contributed by atoms with Gasteiger partial charge in [-0.05, 0) is 72.5 Å². The average molecular weight is 730 g/mol. The molecule has 0 radical (unpaired) electrons. The van der Waals surface area contributed by atoms with Gasteiger partial charge in [-0.2, -0.15) is 16.9 Å². The topological polar surface area (TPSA) is 139 Å². The molecule has 0 spiro atoms. The number of hydrogen-bond donors (Lipinski definition) is 4. The number of hydrogen-bond acceptors (Lipinski definition) is 9. The van der Waals surface area contributed by atoms with E-state index in [1.54, 1.807) is 40.7 Å². The Balaban J connectivity index is 1.19. The SMILES string of the molecule is CSCC(C)(C)c1cc(NC(=O)NCc2ccccc2Sc2ccc3nnc(-c4cc(Cl)ccc4O)n3c2)n(-c2ccc(OCCO)cc2)n1. The number of aliphatic hydroxyl groups excluding tert-OH is 1. The number of carbonyl (C=O) groups excluding carboxylic acids is 1. The first-order valence-electron chi connectivity index (χ1n) is 15.7. The van der Waals surface area contributed by atoms with Crippen LogP contribution in [-0.4, -0.2) is 65.8 Å². The first-order valence-corrected chi connectivity index (χ1v) is 18.3. The van der Waals surface area contributed by atoms with Crippen LogP contribution in [0.5, 0.6) is 11.5 Å². The van der Waals surface area contributed by atoms with E-state index < -0.39 is 0 Å². The number of carbonyl (C=O) groups is 1. The van der Waals surface area contributed by atoms with E-state index in [0.29, 0.717) is 33.6 Å². The summed E-state index contributed by atoms with van der Waals surface area (Å²) in [5.41, 5.74) is 3.40. The number of rotatable bonds is 13. The van der Waals surface area contributed by atoms with Crippen molar-refractivity contribution in [2.45, 2.75) is 35.6 Å². The quantitative estimate of drug-likeness (QED) is 0.0956. The number of fused-ring (bicyclic) bond motifs is 1. The summed E-state index contributed by atoms with van der Waals surface area (Å²) in [6.45, 7) is 4.67. The summed E-state index contributed by atoms with van der Waals surface area (Å²) in [5.74, 6) is 2.54. The van der Waals surface area contributed by atoms with Gasteiger partial charge >= 0.3 is 6.03 Å². The predicted molar refractivity (Wildman–Crippen MR) is 199 cm³/mol. The van der Waals surface area contributed by atoms with E-state index in [-0.39, 0.29) is 37.0 Å². The van der Waals surface area contributed by atoms with E-state index in [1.165, 1.54) is 17.8 Å². The maximum Gasteiger partial charge on any atom is 0.320 e. The number of amides is 2. The molecule has 0 saturated heterocycles. The number of aromatic nitrogens is 5. The predicted octanol–water partition coefficient (Wildman–Crippen LogP) is 7.43. The van der Waals surface area contributed by atoms with Crippen LogP contribution in [0.15, 0.2) is 101 Å². The number of urea groups is 1. The van der Waals surface area contributed by atoms with Crippen molar-refractivity contribution < 1.29 is 19.7 Å². The van der Waals surface area contributed by atoms with Crippen molar-refractivity contribution in [2.75, 3.05) is 30.5 Å². The Morgan fingerprint density at radius 2 is 1.82 bits per heavy atom. The molecule has 4 N–H and O–H groups in total. The Labute approximate surface area is 303 Å². The van der Waals surface area contributed by atoms with Crippen molar-refractivity contribution in [2.24, 2.45) is 0 Å². The molecule has 6 rings (SSSR count). The largest absolute Gasteiger partial charge is 0.507 e. The molecule has 6 aromatic rings. The van der Waals surface area contributed by atoms with E-state index in [9.17, 15) is 9.90 Å². The van der Waals surface area contributed by atoms with Gasteiger partial charge in [-0.1, -0.05) is 55.4 Å². The molecule has 3 aromatic carbocycles. The van der Waals surface area contributed by atoms with Crippen LogP contribution in [0.2, 0.25) is 5.02 Å². The summed E-state index contributed by atoms with van der Waals surface area (Å²) < 4.78 is 9.05. The first-order chi connectivity index (χ1) is 24.1. The van der Waals surface area contributed by atoms with Gasteiger partial charge in [0.2, 0.25) is 0 Å². The molecule has 0 fully saturated rings. The fourth-order valence-electron chi connectivity index (χ4n) is 5.29. The fraction of sp³-hybridized carbons (Fsp3) is 0.222. The summed E-state index contributed by atoms with van der Waals surface area (Å²) in [7, 11) is 0. The highest BCUT2D eigenvalue weighted by Gasteiger charge is 2.26. The highest BCUT2D eigenvalue weighted by Crippen LogP contribution is 2.35. The third-order valence-corrected chi connectivity index (χ3v) is 10.1. The molecule has 258 valence electrons. The fourth-order valence-corrected chi connectivity index (χ4v) is 7.30. The summed E-state index contributed by atoms with van der Waals surface area (Å²) in [6, 6.07) is 25.4. The van der Waals surface area contributed by atoms with Crippen LogP contribution in [0.3, 0.4) is 0 Å². The smallest absolute Gasteiger partial charge is 0.320 e. The van der Waals surface area contributed by atoms with Crippen LogP contribution >= 0.6 is 35.1 Å². The van der Waals surface area contributed by atoms with Crippen molar-refractivity contribution in [1.82, 2.24) is 29.7 Å². The summed E-state index contributed by atoms with van der Waals surface area (Å²) in [6.07, 6.45) is 3.97. The molecule has 3 aromatic heterocycles. The molecule has 0 aliphatic heterocycles. The van der Waals surface area contributed by atoms with Gasteiger partial charge in [-0.15, -0.1) is 10.2 Å². The zero-order valence-corrected chi connectivity index (χ0v) is 30.0. The van der Waals surface area contributed by atoms with E-state index in [4.69, 9.17) is 26.5 Å². The number of ether oxygens (including phenoxy) is 1. The zero-order chi connectivity index (χ0) is 35.3. The monoisotopic (exact) mass is 729 g/mol. The molecule has 0 atom stereocenters. The van der Waals surface area contributed by atoms with Crippen LogP contribution in [0.4, 0.5) is 10.6 Å². The maximum absolute atomic E-state index is 13.4. The van der Waals surface area contributed by atoms with Crippen molar-refractivity contribution in [3.63, 3.8) is 0 Å². The summed E-state index contributed by atoms with van der Waals surface area (Å²) in [5, 5.41) is 39.5. The summed E-state index contributed by atoms with van der Waals surface area (Å²) >= 11 is 9.48. The first kappa shape index (κ1) is 35.1. The Morgan fingerprint density at radius 3 is 2.60 bits per heavy atom. The molecular formula is C36H36ClN7O4S2. The number of nitrogens with zero attached hydrogens (tertiary/aromatic N) is 5. The van der Waals surface area contributed by atoms with E-state index in [2.05, 4.69) is 40.9 Å². The van der Waals surface area contributed by atoms with Crippen LogP contribution in [0.1, 0.15) is 25.1 Å². The van der Waals surface area contributed by atoms with Crippen molar-refractivity contribution in [3.05, 3.63) is 107 Å². The lowest BCUT2D eigenvalue weighted by Crippen LogP contribution is -2.29. The minimum Gasteiger partial charge on any atom is -0.507 e. The highest BCUT2D eigenvalue weighted by atomic mass is 35.5. The number of pyridine rings is 1. The molecular weight excluding hydrogens is 694 g/mol. The molecule has 14 heteroatoms. The lowest BCUT2D eigenvalue weighted by molar-refractivity contribution is 0.201. The molecule has 50 heavy (non-hydrogen) atoms. The number of nitrogens with one attached hydrogen (secondary N) is 2. The number of phenols is 1. The minimum absolute atomic E-state index is 0.0566. The van der Waals surface area contributed by atoms with Crippen LogP contribution in [0, 0.1) is 0 Å². The van der Waals surface area contributed by atoms with Crippen molar-refractivity contribution in [1.29, 1.82) is 0 Å². The molecule has 0 aliphatic carbocycles. The van der Waals surface area contributed by atoms with Crippen LogP contribution in [-0.2, 0) is 12.0 Å². The van der Waals surface area contributed by atoms with Gasteiger partial charge in [-0.3, -0.25) is 9.72 Å². The van der Waals surface area contributed by atoms with E-state index >= 15 is 0 Å². The van der Waals surface area contributed by atoms with Gasteiger partial charge in [0, 0.05) is 44.8 Å². The molecule has 0 saturated carbocycles. The third-order valence-electron chi connectivity index (χ3n) is 7.81. The lowest BCUT2D eigenvalue weighted by atomic mass is 9.92. The standard InChI is InChI=1S/C36H36ClN7O4S2/c1-36(2,22-49-3)31-19-33(44(42-31)25-9-11-26(12-10-25)48-17-16-45)39-35(47)38-20-23-6-4-5-7-30(23)50-27-13-15-32-40-41-34(43(32)21-27)28-18-24(37)8-14-29(28)46/h4-15,18-19,21,45-46H,16-17,20,22H2,1-3H3,(H2,38,39,47). The molecule has 11 nitrogen and oxygen atoms in total. The number of anilines is 1. The van der Waals surface area contributed by atoms with Gasteiger partial charge in [0.1, 0.15) is 23.9 Å². The number of thioether (sulfide) groups is 1. The normalized spacial score (nSPS) is 11.5. The van der Waals surface area contributed by atoms with Gasteiger partial charge in [0.15, 0.2) is 11.5 Å². The number of aliphatic hydroxyl groups is 1. The van der Waals surface area contributed by atoms with Crippen LogP contribution < -0.4 is 15.4 Å². The Hall–Kier alpha value is -4.69. The number of halogens is 1. The second-order valence-corrected chi connectivity index (χ2v) is 14.4. The van der Waals surface area contributed by atoms with Gasteiger partial charge < -0.3 is 20.3 Å². The number of phenolic OH excluding ortho intramolecular Hbond substituents is 1. The van der Waals surface area contributed by atoms with Gasteiger partial charge in [-0.25, -0.2) is 9.48 Å². The number of aromatic hydroxyl groups is 1. The maximum atomic E-state index is 13.4. The Kier molecular flexibility index (Phi) is 10.9. The average Bonchev–Trinajstić information content (AvgIpc) is 3.73. The molecule has 2 amide bonds. The zero-order valence-electron chi connectivity index (χ0n) is 27.6. The highest BCUT2D eigenvalue weighted by molar-refractivity contribution is 7.99. The Bertz CT molecular complexity index is 2120. The van der Waals surface area contributed by atoms with Crippen molar-refractivity contribution >= 4 is 52.6 Å². The molecule has 0 unspecified atom stereocenters. The third kappa shape index (κ3) is 8.02. The Morgan fingerprint density at radius 1 is 1.02 bits per heavy atom. The minimum atomic E-state index is -0.375. The molecule has 0 bridgehead atoms. The lowest BCUT2D eigenvalue weighted by Gasteiger charge is -2.20. The molecule has 0 aliphatic rings. The van der Waals surface area contributed by atoms with Gasteiger partial charge in [0.25, 0.3) is 0 Å². The van der Waals surface area contributed by atoms with Crippen LogP contribution in [0.25, 0.3) is 22.7 Å². The van der Waals surface area contributed by atoms with E-state index in [0.717, 1.165) is 32.5 Å². The second-order valence-electron chi connectivity index (χ2n) is 12.0. The van der Waals surface area contributed by atoms with E-state index in [1.807, 2.05) is 65.2 Å². The van der Waals surface area contributed by atoms with Crippen molar-refractivity contribution in [3.8, 4) is 28.6 Å². The summed E-state index contributed by atoms with van der Waals surface area (Å²) in [4.78, 5) is 15.2.